The van der Waals surface area contributed by atoms with Gasteiger partial charge < -0.3 is 5.32 Å². The van der Waals surface area contributed by atoms with Gasteiger partial charge in [0.2, 0.25) is 9.84 Å². The van der Waals surface area contributed by atoms with Crippen LogP contribution >= 0.6 is 0 Å². The van der Waals surface area contributed by atoms with Crippen molar-refractivity contribution in [2.75, 3.05) is 0 Å². The molecule has 154 valence electrons. The smallest absolute Gasteiger partial charge is 0.319 e. The number of nitrogens with zero attached hydrogens (tertiary/aromatic N) is 1. The highest BCUT2D eigenvalue weighted by molar-refractivity contribution is 7.91. The quantitative estimate of drug-likeness (QED) is 0.584. The first-order valence-corrected chi connectivity index (χ1v) is 9.72. The van der Waals surface area contributed by atoms with Gasteiger partial charge in [-0.2, -0.15) is 8.78 Å². The van der Waals surface area contributed by atoms with Gasteiger partial charge in [0, 0.05) is 5.56 Å². The Balaban J connectivity index is 1.87. The molecule has 11 heteroatoms. The molecule has 0 aromatic heterocycles. The first kappa shape index (κ1) is 20.8. The predicted molar refractivity (Wildman–Crippen MR) is 92.4 cm³/mol. The molecule has 0 radical (unpaired) electrons. The molecule has 1 N–H and O–H groups in total. The Morgan fingerprint density at radius 1 is 1.07 bits per heavy atom. The Bertz CT molecular complexity index is 1090. The van der Waals surface area contributed by atoms with Crippen LogP contribution in [0.3, 0.4) is 0 Å². The summed E-state index contributed by atoms with van der Waals surface area (Å²) in [5, 5.41) is 2.32. The summed E-state index contributed by atoms with van der Waals surface area (Å²) in [5.74, 6) is -6.11. The minimum absolute atomic E-state index is 0.269. The first-order chi connectivity index (χ1) is 13.5. The van der Waals surface area contributed by atoms with Crippen LogP contribution in [-0.4, -0.2) is 31.0 Å². The number of amides is 3. The van der Waals surface area contributed by atoms with Crippen LogP contribution in [-0.2, 0) is 26.7 Å². The summed E-state index contributed by atoms with van der Waals surface area (Å²) in [5.41, 5.74) is -1.93. The molecule has 0 spiro atoms. The van der Waals surface area contributed by atoms with Gasteiger partial charge in [-0.05, 0) is 42.8 Å². The minimum atomic E-state index is -4.78. The van der Waals surface area contributed by atoms with Crippen molar-refractivity contribution in [2.45, 2.75) is 29.7 Å². The molecule has 1 unspecified atom stereocenters. The van der Waals surface area contributed by atoms with Crippen molar-refractivity contribution < 1.29 is 35.6 Å². The van der Waals surface area contributed by atoms with E-state index in [0.29, 0.717) is 0 Å². The molecule has 2 aromatic carbocycles. The van der Waals surface area contributed by atoms with Gasteiger partial charge in [0.05, 0.1) is 11.4 Å². The molecule has 1 aliphatic heterocycles. The van der Waals surface area contributed by atoms with E-state index < -0.39 is 49.6 Å². The predicted octanol–water partition coefficient (Wildman–Crippen LogP) is 2.93. The number of sulfone groups is 1. The number of imide groups is 1. The lowest BCUT2D eigenvalue weighted by Gasteiger charge is -2.23. The van der Waals surface area contributed by atoms with Gasteiger partial charge in [0.15, 0.2) is 0 Å². The third kappa shape index (κ3) is 3.57. The number of hydrogen-bond acceptors (Lipinski definition) is 4. The maximum atomic E-state index is 14.1. The summed E-state index contributed by atoms with van der Waals surface area (Å²) in [6.45, 7) is 0.898. The Kier molecular flexibility index (Phi) is 5.11. The summed E-state index contributed by atoms with van der Waals surface area (Å²) in [4.78, 5) is 25.2. The number of rotatable bonds is 5. The average molecular weight is 430 g/mol. The molecule has 1 fully saturated rings. The van der Waals surface area contributed by atoms with Gasteiger partial charge >= 0.3 is 11.8 Å². The van der Waals surface area contributed by atoms with Gasteiger partial charge in [-0.15, -0.1) is 0 Å². The van der Waals surface area contributed by atoms with Crippen molar-refractivity contribution in [1.82, 2.24) is 10.2 Å². The van der Waals surface area contributed by atoms with Gasteiger partial charge in [-0.3, -0.25) is 9.69 Å². The second-order valence-corrected chi connectivity index (χ2v) is 8.44. The van der Waals surface area contributed by atoms with Gasteiger partial charge in [-0.1, -0.05) is 12.1 Å². The summed E-state index contributed by atoms with van der Waals surface area (Å²) >= 11 is 0. The number of carbonyl (C=O) groups excluding carboxylic acids is 2. The van der Waals surface area contributed by atoms with Crippen molar-refractivity contribution in [1.29, 1.82) is 0 Å². The van der Waals surface area contributed by atoms with E-state index in [1.54, 1.807) is 0 Å². The first-order valence-electron chi connectivity index (χ1n) is 8.17. The van der Waals surface area contributed by atoms with E-state index in [9.17, 15) is 35.6 Å². The average Bonchev–Trinajstić information content (AvgIpc) is 2.88. The van der Waals surface area contributed by atoms with Crippen molar-refractivity contribution in [3.8, 4) is 0 Å². The molecule has 1 saturated heterocycles. The molecule has 0 aliphatic carbocycles. The van der Waals surface area contributed by atoms with Gasteiger partial charge in [-0.25, -0.2) is 22.0 Å². The van der Waals surface area contributed by atoms with Crippen molar-refractivity contribution in [3.05, 3.63) is 65.2 Å². The van der Waals surface area contributed by atoms with Crippen LogP contribution in [0.25, 0.3) is 0 Å². The molecule has 0 saturated carbocycles. The number of halogens is 4. The molecular weight excluding hydrogens is 416 g/mol. The molecule has 1 heterocycles. The highest BCUT2D eigenvalue weighted by Gasteiger charge is 2.50. The van der Waals surface area contributed by atoms with E-state index >= 15 is 0 Å². The third-order valence-electron chi connectivity index (χ3n) is 4.57. The SMILES string of the molecule is CC1(c2cc(F)ccc2F)NC(=O)N(Cc2ccc(S(=O)(=O)C(F)F)cc2)C1=O. The monoisotopic (exact) mass is 430 g/mol. The van der Waals surface area contributed by atoms with Crippen molar-refractivity contribution >= 4 is 21.8 Å². The summed E-state index contributed by atoms with van der Waals surface area (Å²) in [6, 6.07) is 5.85. The van der Waals surface area contributed by atoms with Crippen LogP contribution in [0.1, 0.15) is 18.1 Å². The lowest BCUT2D eigenvalue weighted by molar-refractivity contribution is -0.131. The number of hydrogen-bond donors (Lipinski definition) is 1. The zero-order valence-electron chi connectivity index (χ0n) is 14.8. The molecule has 0 bridgehead atoms. The number of urea groups is 1. The number of carbonyl (C=O) groups is 2. The van der Waals surface area contributed by atoms with Crippen LogP contribution in [0.15, 0.2) is 47.4 Å². The molecule has 6 nitrogen and oxygen atoms in total. The molecular formula is C18H14F4N2O4S. The highest BCUT2D eigenvalue weighted by Crippen LogP contribution is 2.32. The van der Waals surface area contributed by atoms with Crippen LogP contribution in [0.5, 0.6) is 0 Å². The van der Waals surface area contributed by atoms with Crippen molar-refractivity contribution in [3.63, 3.8) is 0 Å². The molecule has 1 aliphatic rings. The largest absolute Gasteiger partial charge is 0.341 e. The zero-order valence-corrected chi connectivity index (χ0v) is 15.6. The summed E-state index contributed by atoms with van der Waals surface area (Å²) < 4.78 is 75.7. The van der Waals surface area contributed by atoms with E-state index in [2.05, 4.69) is 5.32 Å². The zero-order chi connectivity index (χ0) is 21.6. The highest BCUT2D eigenvalue weighted by atomic mass is 32.2. The topological polar surface area (TPSA) is 83.6 Å². The fraction of sp³-hybridized carbons (Fsp3) is 0.222. The molecule has 29 heavy (non-hydrogen) atoms. The van der Waals surface area contributed by atoms with Gasteiger partial charge in [0.25, 0.3) is 5.91 Å². The van der Waals surface area contributed by atoms with Crippen LogP contribution in [0.2, 0.25) is 0 Å². The molecule has 3 amide bonds. The molecule has 2 aromatic rings. The normalized spacial score (nSPS) is 19.7. The van der Waals surface area contributed by atoms with Crippen LogP contribution in [0, 0.1) is 11.6 Å². The van der Waals surface area contributed by atoms with E-state index in [4.69, 9.17) is 0 Å². The fourth-order valence-corrected chi connectivity index (χ4v) is 3.69. The van der Waals surface area contributed by atoms with Crippen LogP contribution < -0.4 is 5.32 Å². The molecule has 1 atom stereocenters. The number of benzene rings is 2. The Morgan fingerprint density at radius 3 is 2.28 bits per heavy atom. The lowest BCUT2D eigenvalue weighted by atomic mass is 9.91. The number of nitrogens with one attached hydrogen (secondary N) is 1. The Morgan fingerprint density at radius 2 is 1.69 bits per heavy atom. The van der Waals surface area contributed by atoms with E-state index in [-0.39, 0.29) is 17.7 Å². The maximum absolute atomic E-state index is 14.1. The summed E-state index contributed by atoms with van der Waals surface area (Å²) in [6.07, 6.45) is 0. The van der Waals surface area contributed by atoms with Crippen molar-refractivity contribution in [2.24, 2.45) is 0 Å². The van der Waals surface area contributed by atoms with Gasteiger partial charge in [0.1, 0.15) is 17.2 Å². The molecule has 3 rings (SSSR count). The minimum Gasteiger partial charge on any atom is -0.319 e. The number of alkyl halides is 2. The van der Waals surface area contributed by atoms with E-state index in [1.807, 2.05) is 0 Å². The second-order valence-electron chi connectivity index (χ2n) is 6.52. The van der Waals surface area contributed by atoms with E-state index in [1.165, 1.54) is 19.1 Å². The lowest BCUT2D eigenvalue weighted by Crippen LogP contribution is -2.41. The standard InChI is InChI=1S/C18H14F4N2O4S/c1-18(13-8-11(19)4-7-14(13)20)15(25)24(17(26)23-18)9-10-2-5-12(6-3-10)29(27,28)16(21)22/h2-8,16H,9H2,1H3,(H,23,26). The Hall–Kier alpha value is -2.95. The fourth-order valence-electron chi connectivity index (χ4n) is 2.97. The second kappa shape index (κ2) is 7.14. The summed E-state index contributed by atoms with van der Waals surface area (Å²) in [7, 11) is -4.78. The Labute approximate surface area is 163 Å². The van der Waals surface area contributed by atoms with E-state index in [0.717, 1.165) is 35.2 Å². The van der Waals surface area contributed by atoms with Crippen LogP contribution in [0.4, 0.5) is 22.4 Å². The third-order valence-corrected chi connectivity index (χ3v) is 5.97. The maximum Gasteiger partial charge on any atom is 0.341 e.